The lowest BCUT2D eigenvalue weighted by Crippen LogP contribution is -2.17. The predicted octanol–water partition coefficient (Wildman–Crippen LogP) is 4.09. The zero-order chi connectivity index (χ0) is 12.7. The maximum atomic E-state index is 6.24. The van der Waals surface area contributed by atoms with Gasteiger partial charge in [0.15, 0.2) is 0 Å². The van der Waals surface area contributed by atoms with Crippen molar-refractivity contribution in [1.82, 2.24) is 4.57 Å². The molecule has 1 heterocycles. The minimum atomic E-state index is -0.00368. The number of fused-ring (bicyclic) bond motifs is 3. The molecule has 5 heteroatoms. The fourth-order valence-corrected chi connectivity index (χ4v) is 2.56. The molecule has 3 aromatic rings. The van der Waals surface area contributed by atoms with Crippen LogP contribution in [0.5, 0.6) is 0 Å². The van der Waals surface area contributed by atoms with Gasteiger partial charge in [-0.3, -0.25) is 0 Å². The molecule has 1 unspecified atom stereocenters. The molecule has 0 saturated heterocycles. The van der Waals surface area contributed by atoms with Gasteiger partial charge < -0.3 is 16.0 Å². The fourth-order valence-electron chi connectivity index (χ4n) is 2.56. The van der Waals surface area contributed by atoms with E-state index in [1.165, 1.54) is 16.3 Å². The number of halogens is 2. The number of nitrogens with zero attached hydrogens (tertiary/aromatic N) is 1. The first-order valence-electron chi connectivity index (χ1n) is 6.26. The van der Waals surface area contributed by atoms with Crippen LogP contribution in [0.4, 0.5) is 5.69 Å². The van der Waals surface area contributed by atoms with Crippen molar-refractivity contribution < 1.29 is 0 Å². The SMILES string of the molecule is CCC(N)n1c2ccccc2c2cc(N)ccc21.Cl.Cl. The maximum absolute atomic E-state index is 6.24. The lowest BCUT2D eigenvalue weighted by molar-refractivity contribution is 0.535. The molecule has 0 radical (unpaired) electrons. The van der Waals surface area contributed by atoms with Gasteiger partial charge in [-0.15, -0.1) is 24.8 Å². The minimum absolute atomic E-state index is 0. The Morgan fingerprint density at radius 2 is 1.65 bits per heavy atom. The summed E-state index contributed by atoms with van der Waals surface area (Å²) >= 11 is 0. The van der Waals surface area contributed by atoms with Gasteiger partial charge >= 0.3 is 0 Å². The first-order valence-corrected chi connectivity index (χ1v) is 6.26. The molecule has 4 N–H and O–H groups in total. The number of hydrogen-bond donors (Lipinski definition) is 2. The second kappa shape index (κ2) is 6.35. The van der Waals surface area contributed by atoms with E-state index in [0.717, 1.165) is 17.6 Å². The van der Waals surface area contributed by atoms with Crippen molar-refractivity contribution in [2.75, 3.05) is 5.73 Å². The average molecular weight is 312 g/mol. The minimum Gasteiger partial charge on any atom is -0.399 e. The summed E-state index contributed by atoms with van der Waals surface area (Å²) < 4.78 is 2.20. The standard InChI is InChI=1S/C15H17N3.2ClH/c1-2-15(17)18-13-6-4-3-5-11(13)12-9-10(16)7-8-14(12)18;;/h3-9,15H,2,16-17H2,1H3;2*1H. The highest BCUT2D eigenvalue weighted by atomic mass is 35.5. The third-order valence-corrected chi connectivity index (χ3v) is 3.48. The third-order valence-electron chi connectivity index (χ3n) is 3.48. The topological polar surface area (TPSA) is 57.0 Å². The highest BCUT2D eigenvalue weighted by Gasteiger charge is 2.13. The normalized spacial score (nSPS) is 11.9. The first-order chi connectivity index (χ1) is 8.72. The molecule has 108 valence electrons. The predicted molar refractivity (Wildman–Crippen MR) is 91.9 cm³/mol. The summed E-state index contributed by atoms with van der Waals surface area (Å²) in [6, 6.07) is 14.3. The fraction of sp³-hybridized carbons (Fsp3) is 0.200. The second-order valence-electron chi connectivity index (χ2n) is 4.64. The van der Waals surface area contributed by atoms with Crippen molar-refractivity contribution in [2.45, 2.75) is 19.5 Å². The number of para-hydroxylation sites is 1. The monoisotopic (exact) mass is 311 g/mol. The number of nitrogen functional groups attached to an aromatic ring is 1. The van der Waals surface area contributed by atoms with Crippen LogP contribution < -0.4 is 11.5 Å². The number of nitrogens with two attached hydrogens (primary N) is 2. The molecule has 0 amide bonds. The maximum Gasteiger partial charge on any atom is 0.0818 e. The van der Waals surface area contributed by atoms with Gasteiger partial charge in [0.2, 0.25) is 0 Å². The first kappa shape index (κ1) is 16.6. The molecule has 0 aliphatic rings. The Kier molecular flexibility index (Phi) is 5.28. The zero-order valence-electron chi connectivity index (χ0n) is 11.2. The van der Waals surface area contributed by atoms with Crippen molar-refractivity contribution in [1.29, 1.82) is 0 Å². The lowest BCUT2D eigenvalue weighted by Gasteiger charge is -2.14. The van der Waals surface area contributed by atoms with Crippen molar-refractivity contribution in [3.05, 3.63) is 42.5 Å². The van der Waals surface area contributed by atoms with E-state index < -0.39 is 0 Å². The van der Waals surface area contributed by atoms with Crippen molar-refractivity contribution in [3.63, 3.8) is 0 Å². The van der Waals surface area contributed by atoms with Gasteiger partial charge in [-0.25, -0.2) is 0 Å². The van der Waals surface area contributed by atoms with E-state index in [4.69, 9.17) is 11.5 Å². The number of rotatable bonds is 2. The highest BCUT2D eigenvalue weighted by Crippen LogP contribution is 2.32. The second-order valence-corrected chi connectivity index (χ2v) is 4.64. The highest BCUT2D eigenvalue weighted by molar-refractivity contribution is 6.09. The number of hydrogen-bond acceptors (Lipinski definition) is 2. The Morgan fingerprint density at radius 1 is 1.00 bits per heavy atom. The van der Waals surface area contributed by atoms with Crippen molar-refractivity contribution in [2.24, 2.45) is 5.73 Å². The van der Waals surface area contributed by atoms with Gasteiger partial charge in [-0.05, 0) is 30.7 Å². The van der Waals surface area contributed by atoms with Crippen LogP contribution in [0.3, 0.4) is 0 Å². The molecule has 20 heavy (non-hydrogen) atoms. The van der Waals surface area contributed by atoms with E-state index >= 15 is 0 Å². The van der Waals surface area contributed by atoms with Crippen LogP contribution in [-0.2, 0) is 0 Å². The van der Waals surface area contributed by atoms with Gasteiger partial charge in [0.25, 0.3) is 0 Å². The molecule has 0 fully saturated rings. The summed E-state index contributed by atoms with van der Waals surface area (Å²) in [5.41, 5.74) is 15.2. The molecular weight excluding hydrogens is 293 g/mol. The molecular formula is C15H19Cl2N3. The van der Waals surface area contributed by atoms with E-state index in [1.807, 2.05) is 24.3 Å². The average Bonchev–Trinajstić information content (AvgIpc) is 2.72. The molecule has 0 saturated carbocycles. The Hall–Kier alpha value is -1.42. The quantitative estimate of drug-likeness (QED) is 0.700. The smallest absolute Gasteiger partial charge is 0.0818 e. The summed E-state index contributed by atoms with van der Waals surface area (Å²) in [6.07, 6.45) is 0.897. The van der Waals surface area contributed by atoms with Crippen LogP contribution in [-0.4, -0.2) is 4.57 Å². The van der Waals surface area contributed by atoms with E-state index in [-0.39, 0.29) is 31.0 Å². The van der Waals surface area contributed by atoms with Crippen LogP contribution in [0.15, 0.2) is 42.5 Å². The Bertz CT molecular complexity index is 722. The van der Waals surface area contributed by atoms with Crippen molar-refractivity contribution in [3.8, 4) is 0 Å². The van der Waals surface area contributed by atoms with E-state index in [9.17, 15) is 0 Å². The molecule has 2 aromatic carbocycles. The van der Waals surface area contributed by atoms with Crippen LogP contribution in [0.1, 0.15) is 19.5 Å². The Morgan fingerprint density at radius 3 is 2.35 bits per heavy atom. The summed E-state index contributed by atoms with van der Waals surface area (Å²) in [7, 11) is 0. The number of benzene rings is 2. The third kappa shape index (κ3) is 2.44. The van der Waals surface area contributed by atoms with E-state index in [2.05, 4.69) is 29.7 Å². The van der Waals surface area contributed by atoms with Gasteiger partial charge in [-0.1, -0.05) is 25.1 Å². The summed E-state index contributed by atoms with van der Waals surface area (Å²) in [4.78, 5) is 0. The van der Waals surface area contributed by atoms with Gasteiger partial charge in [-0.2, -0.15) is 0 Å². The van der Waals surface area contributed by atoms with E-state index in [1.54, 1.807) is 0 Å². The van der Waals surface area contributed by atoms with Crippen molar-refractivity contribution >= 4 is 52.3 Å². The summed E-state index contributed by atoms with van der Waals surface area (Å²) in [5, 5.41) is 2.39. The van der Waals surface area contributed by atoms with E-state index in [0.29, 0.717) is 0 Å². The van der Waals surface area contributed by atoms with Crippen LogP contribution in [0.25, 0.3) is 21.8 Å². The molecule has 1 aromatic heterocycles. The van der Waals surface area contributed by atoms with Crippen LogP contribution >= 0.6 is 24.8 Å². The van der Waals surface area contributed by atoms with Gasteiger partial charge in [0.1, 0.15) is 0 Å². The molecule has 3 nitrogen and oxygen atoms in total. The summed E-state index contributed by atoms with van der Waals surface area (Å²) in [5.74, 6) is 0. The zero-order valence-corrected chi connectivity index (χ0v) is 12.9. The van der Waals surface area contributed by atoms with Gasteiger partial charge in [0.05, 0.1) is 17.2 Å². The number of aromatic nitrogens is 1. The Labute approximate surface area is 130 Å². The van der Waals surface area contributed by atoms with Crippen LogP contribution in [0, 0.1) is 0 Å². The molecule has 0 spiro atoms. The summed E-state index contributed by atoms with van der Waals surface area (Å²) in [6.45, 7) is 2.10. The molecule has 0 aliphatic heterocycles. The Balaban J connectivity index is 0.000001000. The largest absolute Gasteiger partial charge is 0.399 e. The van der Waals surface area contributed by atoms with Gasteiger partial charge in [0, 0.05) is 16.5 Å². The molecule has 0 aliphatic carbocycles. The number of anilines is 1. The molecule has 0 bridgehead atoms. The molecule has 3 rings (SSSR count). The lowest BCUT2D eigenvalue weighted by atomic mass is 10.1. The van der Waals surface area contributed by atoms with Crippen LogP contribution in [0.2, 0.25) is 0 Å². The molecule has 1 atom stereocenters.